The molecule has 0 unspecified atom stereocenters. The van der Waals surface area contributed by atoms with Gasteiger partial charge >= 0.3 is 0 Å². The van der Waals surface area contributed by atoms with E-state index in [2.05, 4.69) is 67.6 Å². The van der Waals surface area contributed by atoms with Gasteiger partial charge in [-0.25, -0.2) is 4.98 Å². The minimum absolute atomic E-state index is 0.132. The molecule has 0 N–H and O–H groups in total. The maximum atomic E-state index is 13.2. The van der Waals surface area contributed by atoms with Crippen molar-refractivity contribution in [2.24, 2.45) is 5.92 Å². The number of benzene rings is 2. The van der Waals surface area contributed by atoms with E-state index in [0.717, 1.165) is 76.0 Å². The predicted octanol–water partition coefficient (Wildman–Crippen LogP) is 4.20. The second-order valence-corrected chi connectivity index (χ2v) is 10.1. The number of hydrogen-bond donors (Lipinski definition) is 0. The summed E-state index contributed by atoms with van der Waals surface area (Å²) in [6.45, 7) is 6.23. The molecule has 2 aliphatic rings. The Hall–Kier alpha value is -3.03. The number of carbonyl (C=O) groups excluding carboxylic acids is 1. The molecule has 7 heteroatoms. The molecule has 0 spiro atoms. The molecule has 0 saturated carbocycles. The van der Waals surface area contributed by atoms with Gasteiger partial charge in [0, 0.05) is 69.7 Å². The van der Waals surface area contributed by atoms with Crippen molar-refractivity contribution in [3.63, 3.8) is 0 Å². The lowest BCUT2D eigenvalue weighted by molar-refractivity contribution is -0.137. The summed E-state index contributed by atoms with van der Waals surface area (Å²) in [4.78, 5) is 24.7. The molecular weight excluding hydrogens is 454 g/mol. The molecule has 0 aliphatic carbocycles. The molecule has 5 rings (SSSR count). The van der Waals surface area contributed by atoms with Gasteiger partial charge in [0.2, 0.25) is 11.0 Å². The lowest BCUT2D eigenvalue weighted by atomic mass is 9.95. The lowest BCUT2D eigenvalue weighted by Gasteiger charge is -2.38. The number of hydrogen-bond acceptors (Lipinski definition) is 6. The Morgan fingerprint density at radius 2 is 1.60 bits per heavy atom. The van der Waals surface area contributed by atoms with Crippen molar-refractivity contribution in [2.45, 2.75) is 19.3 Å². The summed E-state index contributed by atoms with van der Waals surface area (Å²) < 4.78 is 4.56. The Kier molecular flexibility index (Phi) is 7.85. The first-order chi connectivity index (χ1) is 17.2. The molecule has 1 aromatic heterocycles. The van der Waals surface area contributed by atoms with Crippen LogP contribution in [0.1, 0.15) is 29.8 Å². The Balaban J connectivity index is 1.05. The van der Waals surface area contributed by atoms with Crippen LogP contribution < -0.4 is 4.90 Å². The van der Waals surface area contributed by atoms with Crippen LogP contribution in [0.2, 0.25) is 0 Å². The van der Waals surface area contributed by atoms with Crippen LogP contribution in [0.15, 0.2) is 66.7 Å². The first kappa shape index (κ1) is 23.7. The molecule has 6 nitrogen and oxygen atoms in total. The normalized spacial score (nSPS) is 17.8. The van der Waals surface area contributed by atoms with Crippen LogP contribution in [0, 0.1) is 5.92 Å². The summed E-state index contributed by atoms with van der Waals surface area (Å²) >= 11 is 1.48. The fourth-order valence-corrected chi connectivity index (χ4v) is 5.59. The van der Waals surface area contributed by atoms with Crippen LogP contribution in [0.4, 0.5) is 5.13 Å². The van der Waals surface area contributed by atoms with Crippen LogP contribution in [0.5, 0.6) is 0 Å². The molecule has 2 fully saturated rings. The van der Waals surface area contributed by atoms with Crippen molar-refractivity contribution < 1.29 is 4.79 Å². The molecule has 182 valence electrons. The molecule has 3 aromatic rings. The van der Waals surface area contributed by atoms with E-state index in [9.17, 15) is 4.79 Å². The van der Waals surface area contributed by atoms with Crippen LogP contribution in [-0.2, 0) is 11.2 Å². The van der Waals surface area contributed by atoms with Gasteiger partial charge in [-0.1, -0.05) is 72.8 Å². The number of amides is 1. The molecular formula is C28H33N5OS. The van der Waals surface area contributed by atoms with Crippen molar-refractivity contribution in [2.75, 3.05) is 50.7 Å². The average Bonchev–Trinajstić information content (AvgIpc) is 3.38. The topological polar surface area (TPSA) is 52.6 Å². The maximum absolute atomic E-state index is 13.2. The highest BCUT2D eigenvalue weighted by Gasteiger charge is 2.31. The SMILES string of the molecule is O=C(C1CCN(c2nc(Cc3ccccc3)ns2)CC1)N1CCN(CC=Cc2ccccc2)CC1. The number of nitrogens with zero attached hydrogens (tertiary/aromatic N) is 5. The molecule has 2 saturated heterocycles. The number of carbonyl (C=O) groups is 1. The zero-order valence-electron chi connectivity index (χ0n) is 20.1. The standard InChI is InChI=1S/C28H33N5OS/c34-27(32-20-18-31(19-21-32)15-7-12-23-8-3-1-4-9-23)25-13-16-33(17-14-25)28-29-26(30-35-28)22-24-10-5-2-6-11-24/h1-12,25H,13-22H2. The van der Waals surface area contributed by atoms with Crippen LogP contribution >= 0.6 is 11.5 Å². The molecule has 3 heterocycles. The van der Waals surface area contributed by atoms with E-state index in [1.807, 2.05) is 24.3 Å². The van der Waals surface area contributed by atoms with Crippen LogP contribution in [0.3, 0.4) is 0 Å². The molecule has 0 bridgehead atoms. The Bertz CT molecular complexity index is 1100. The van der Waals surface area contributed by atoms with Crippen LogP contribution in [0.25, 0.3) is 6.08 Å². The van der Waals surface area contributed by atoms with E-state index in [1.54, 1.807) is 0 Å². The second kappa shape index (κ2) is 11.6. The van der Waals surface area contributed by atoms with Crippen molar-refractivity contribution >= 4 is 28.6 Å². The minimum atomic E-state index is 0.132. The van der Waals surface area contributed by atoms with E-state index in [4.69, 9.17) is 4.98 Å². The zero-order chi connectivity index (χ0) is 23.9. The van der Waals surface area contributed by atoms with Crippen molar-refractivity contribution in [1.29, 1.82) is 0 Å². The van der Waals surface area contributed by atoms with E-state index in [1.165, 1.54) is 22.7 Å². The molecule has 1 amide bonds. The van der Waals surface area contributed by atoms with Gasteiger partial charge in [-0.05, 0) is 24.0 Å². The van der Waals surface area contributed by atoms with E-state index in [0.29, 0.717) is 5.91 Å². The summed E-state index contributed by atoms with van der Waals surface area (Å²) in [6, 6.07) is 20.7. The highest BCUT2D eigenvalue weighted by atomic mass is 32.1. The van der Waals surface area contributed by atoms with Crippen molar-refractivity contribution in [1.82, 2.24) is 19.2 Å². The van der Waals surface area contributed by atoms with Gasteiger partial charge in [0.25, 0.3) is 0 Å². The molecule has 35 heavy (non-hydrogen) atoms. The predicted molar refractivity (Wildman–Crippen MR) is 143 cm³/mol. The third-order valence-corrected chi connectivity index (χ3v) is 7.75. The fraction of sp³-hybridized carbons (Fsp3) is 0.393. The highest BCUT2D eigenvalue weighted by molar-refractivity contribution is 7.09. The number of rotatable bonds is 7. The summed E-state index contributed by atoms with van der Waals surface area (Å²) in [5, 5.41) is 0.985. The first-order valence-corrected chi connectivity index (χ1v) is 13.4. The quantitative estimate of drug-likeness (QED) is 0.500. The number of piperazine rings is 1. The minimum Gasteiger partial charge on any atom is -0.347 e. The number of aromatic nitrogens is 2. The van der Waals surface area contributed by atoms with Gasteiger partial charge < -0.3 is 9.80 Å². The molecule has 2 aromatic carbocycles. The highest BCUT2D eigenvalue weighted by Crippen LogP contribution is 2.27. The van der Waals surface area contributed by atoms with Gasteiger partial charge in [0.1, 0.15) is 5.82 Å². The number of piperidine rings is 1. The molecule has 0 radical (unpaired) electrons. The first-order valence-electron chi connectivity index (χ1n) is 12.6. The number of anilines is 1. The van der Waals surface area contributed by atoms with E-state index < -0.39 is 0 Å². The largest absolute Gasteiger partial charge is 0.347 e. The monoisotopic (exact) mass is 487 g/mol. The van der Waals surface area contributed by atoms with Crippen LogP contribution in [-0.4, -0.2) is 70.9 Å². The van der Waals surface area contributed by atoms with Crippen molar-refractivity contribution in [3.05, 3.63) is 83.7 Å². The molecule has 2 aliphatic heterocycles. The average molecular weight is 488 g/mol. The second-order valence-electron chi connectivity index (χ2n) is 9.36. The lowest BCUT2D eigenvalue weighted by Crippen LogP contribution is -2.51. The Labute approximate surface area is 212 Å². The van der Waals surface area contributed by atoms with E-state index in [-0.39, 0.29) is 5.92 Å². The molecule has 0 atom stereocenters. The fourth-order valence-electron chi connectivity index (χ4n) is 4.85. The summed E-state index contributed by atoms with van der Waals surface area (Å²) in [7, 11) is 0. The Morgan fingerprint density at radius 1 is 0.914 bits per heavy atom. The van der Waals surface area contributed by atoms with E-state index >= 15 is 0 Å². The van der Waals surface area contributed by atoms with Crippen molar-refractivity contribution in [3.8, 4) is 0 Å². The summed E-state index contributed by atoms with van der Waals surface area (Å²) in [6.07, 6.45) is 6.95. The van der Waals surface area contributed by atoms with Gasteiger partial charge in [-0.15, -0.1) is 0 Å². The van der Waals surface area contributed by atoms with Gasteiger partial charge in [0.15, 0.2) is 0 Å². The van der Waals surface area contributed by atoms with Gasteiger partial charge in [0.05, 0.1) is 0 Å². The Morgan fingerprint density at radius 3 is 2.31 bits per heavy atom. The maximum Gasteiger partial charge on any atom is 0.225 e. The third kappa shape index (κ3) is 6.35. The zero-order valence-corrected chi connectivity index (χ0v) is 20.9. The van der Waals surface area contributed by atoms with Gasteiger partial charge in [-0.3, -0.25) is 9.69 Å². The summed E-state index contributed by atoms with van der Waals surface area (Å²) in [5.41, 5.74) is 2.46. The third-order valence-electron chi connectivity index (χ3n) is 6.93. The van der Waals surface area contributed by atoms with Gasteiger partial charge in [-0.2, -0.15) is 4.37 Å². The summed E-state index contributed by atoms with van der Waals surface area (Å²) in [5.74, 6) is 1.35. The smallest absolute Gasteiger partial charge is 0.225 e.